The third-order valence-corrected chi connectivity index (χ3v) is 5.90. The second-order valence-corrected chi connectivity index (χ2v) is 9.59. The number of alkyl halides is 3. The number of ether oxygens (including phenoxy) is 2. The van der Waals surface area contributed by atoms with Crippen LogP contribution in [0.5, 0.6) is 17.4 Å². The highest BCUT2D eigenvalue weighted by atomic mass is 32.2. The van der Waals surface area contributed by atoms with Gasteiger partial charge in [0.05, 0.1) is 16.8 Å². The van der Waals surface area contributed by atoms with Gasteiger partial charge in [0.1, 0.15) is 5.56 Å². The number of aryl methyl sites for hydroxylation is 1. The molecule has 1 aromatic heterocycles. The molecule has 180 valence electrons. The summed E-state index contributed by atoms with van der Waals surface area (Å²) in [6.45, 7) is 2.90. The van der Waals surface area contributed by atoms with Crippen molar-refractivity contribution in [1.29, 1.82) is 4.78 Å². The van der Waals surface area contributed by atoms with E-state index in [4.69, 9.17) is 14.3 Å². The van der Waals surface area contributed by atoms with Crippen molar-refractivity contribution < 1.29 is 31.6 Å². The van der Waals surface area contributed by atoms with Gasteiger partial charge in [0, 0.05) is 16.8 Å². The Hall–Kier alpha value is -3.67. The van der Waals surface area contributed by atoms with E-state index in [-0.39, 0.29) is 22.1 Å². The van der Waals surface area contributed by atoms with Gasteiger partial charge in [-0.15, -0.1) is 10.2 Å². The molecule has 8 nitrogen and oxygen atoms in total. The molecule has 0 spiro atoms. The summed E-state index contributed by atoms with van der Waals surface area (Å²) in [4.78, 5) is 13.3. The van der Waals surface area contributed by atoms with Gasteiger partial charge in [-0.05, 0) is 55.3 Å². The number of hydrogen-bond donors (Lipinski definition) is 2. The Bertz CT molecular complexity index is 1360. The number of anilines is 1. The molecule has 1 atom stereocenters. The van der Waals surface area contributed by atoms with Crippen molar-refractivity contribution in [2.24, 2.45) is 0 Å². The summed E-state index contributed by atoms with van der Waals surface area (Å²) in [6.07, 6.45) is -3.65. The summed E-state index contributed by atoms with van der Waals surface area (Å²) in [6, 6.07) is 10.5. The summed E-state index contributed by atoms with van der Waals surface area (Å²) in [7, 11) is -1.69. The minimum absolute atomic E-state index is 0.123. The number of nitrogens with one attached hydrogen (secondary N) is 2. The smallest absolute Gasteiger partial charge is 0.435 e. The SMILES string of the molecule is COc1cc(C)ccc1Oc1nnc(C(F)(F)F)c(C)c1C(=O)Nc1cccc(S(C)(=N)=O)c1. The van der Waals surface area contributed by atoms with Crippen LogP contribution in [0.3, 0.4) is 0 Å². The summed E-state index contributed by atoms with van der Waals surface area (Å²) < 4.78 is 71.1. The maximum absolute atomic E-state index is 13.5. The molecule has 0 aliphatic heterocycles. The predicted octanol–water partition coefficient (Wildman–Crippen LogP) is 5.20. The van der Waals surface area contributed by atoms with Gasteiger partial charge in [-0.3, -0.25) is 4.79 Å². The molecule has 34 heavy (non-hydrogen) atoms. The number of methoxy groups -OCH3 is 1. The first-order valence-corrected chi connectivity index (χ1v) is 11.7. The zero-order chi connectivity index (χ0) is 25.3. The van der Waals surface area contributed by atoms with E-state index in [1.165, 1.54) is 43.7 Å². The molecule has 3 aromatic rings. The van der Waals surface area contributed by atoms with Crippen LogP contribution in [-0.2, 0) is 15.9 Å². The molecule has 1 heterocycles. The number of carbonyl (C=O) groups excluding carboxylic acids is 1. The average molecular weight is 494 g/mol. The first-order valence-electron chi connectivity index (χ1n) is 9.73. The Kier molecular flexibility index (Phi) is 6.82. The fraction of sp³-hybridized carbons (Fsp3) is 0.227. The first-order chi connectivity index (χ1) is 15.8. The van der Waals surface area contributed by atoms with E-state index < -0.39 is 44.5 Å². The van der Waals surface area contributed by atoms with Gasteiger partial charge in [-0.25, -0.2) is 8.99 Å². The highest BCUT2D eigenvalue weighted by molar-refractivity contribution is 7.91. The fourth-order valence-corrected chi connectivity index (χ4v) is 3.77. The van der Waals surface area contributed by atoms with Crippen LogP contribution in [0, 0.1) is 18.6 Å². The topological polar surface area (TPSA) is 114 Å². The summed E-state index contributed by atoms with van der Waals surface area (Å²) in [5, 5.41) is 9.23. The first kappa shape index (κ1) is 25.0. The molecule has 3 rings (SSSR count). The largest absolute Gasteiger partial charge is 0.493 e. The average Bonchev–Trinajstić information content (AvgIpc) is 2.73. The van der Waals surface area contributed by atoms with Crippen molar-refractivity contribution in [1.82, 2.24) is 10.2 Å². The number of amides is 1. The van der Waals surface area contributed by atoms with E-state index in [1.54, 1.807) is 12.1 Å². The van der Waals surface area contributed by atoms with E-state index in [0.29, 0.717) is 0 Å². The fourth-order valence-electron chi connectivity index (χ4n) is 3.08. The highest BCUT2D eigenvalue weighted by Crippen LogP contribution is 2.37. The number of aromatic nitrogens is 2. The minimum atomic E-state index is -4.86. The van der Waals surface area contributed by atoms with Crippen LogP contribution < -0.4 is 14.8 Å². The van der Waals surface area contributed by atoms with Crippen LogP contribution in [0.4, 0.5) is 18.9 Å². The summed E-state index contributed by atoms with van der Waals surface area (Å²) in [5.41, 5.74) is -1.33. The van der Waals surface area contributed by atoms with Crippen molar-refractivity contribution in [3.05, 3.63) is 64.8 Å². The van der Waals surface area contributed by atoms with Gasteiger partial charge in [-0.1, -0.05) is 12.1 Å². The molecule has 1 unspecified atom stereocenters. The van der Waals surface area contributed by atoms with Crippen LogP contribution in [0.2, 0.25) is 0 Å². The van der Waals surface area contributed by atoms with Gasteiger partial charge in [0.15, 0.2) is 17.2 Å². The van der Waals surface area contributed by atoms with Crippen molar-refractivity contribution in [2.75, 3.05) is 18.7 Å². The molecule has 0 aliphatic carbocycles. The summed E-state index contributed by atoms with van der Waals surface area (Å²) in [5.74, 6) is -1.01. The Morgan fingerprint density at radius 2 is 1.79 bits per heavy atom. The maximum atomic E-state index is 13.5. The Morgan fingerprint density at radius 1 is 1.09 bits per heavy atom. The van der Waals surface area contributed by atoms with Crippen LogP contribution in [-0.4, -0.2) is 33.7 Å². The predicted molar refractivity (Wildman–Crippen MR) is 119 cm³/mol. The highest BCUT2D eigenvalue weighted by Gasteiger charge is 2.38. The number of benzene rings is 2. The molecule has 2 N–H and O–H groups in total. The van der Waals surface area contributed by atoms with Crippen LogP contribution in [0.15, 0.2) is 47.4 Å². The Balaban J connectivity index is 2.09. The normalized spacial score (nSPS) is 13.1. The third kappa shape index (κ3) is 5.45. The number of carbonyl (C=O) groups is 1. The van der Waals surface area contributed by atoms with E-state index in [9.17, 15) is 22.2 Å². The lowest BCUT2D eigenvalue weighted by atomic mass is 10.1. The maximum Gasteiger partial charge on any atom is 0.435 e. The molecule has 0 fully saturated rings. The lowest BCUT2D eigenvalue weighted by Crippen LogP contribution is -2.21. The van der Waals surface area contributed by atoms with Crippen LogP contribution >= 0.6 is 0 Å². The molecular formula is C22H21F3N4O4S. The minimum Gasteiger partial charge on any atom is -0.493 e. The van der Waals surface area contributed by atoms with Crippen LogP contribution in [0.1, 0.15) is 27.2 Å². The van der Waals surface area contributed by atoms with Gasteiger partial charge >= 0.3 is 6.18 Å². The Morgan fingerprint density at radius 3 is 2.41 bits per heavy atom. The van der Waals surface area contributed by atoms with Gasteiger partial charge in [0.25, 0.3) is 11.8 Å². The molecule has 0 saturated carbocycles. The van der Waals surface area contributed by atoms with Crippen molar-refractivity contribution >= 4 is 21.3 Å². The lowest BCUT2D eigenvalue weighted by molar-refractivity contribution is -0.142. The molecule has 12 heteroatoms. The molecule has 2 aromatic carbocycles. The van der Waals surface area contributed by atoms with Crippen molar-refractivity contribution in [3.63, 3.8) is 0 Å². The Labute approximate surface area is 194 Å². The van der Waals surface area contributed by atoms with Crippen molar-refractivity contribution in [2.45, 2.75) is 24.9 Å². The quantitative estimate of drug-likeness (QED) is 0.487. The molecule has 1 amide bonds. The summed E-state index contributed by atoms with van der Waals surface area (Å²) >= 11 is 0. The third-order valence-electron chi connectivity index (χ3n) is 4.75. The van der Waals surface area contributed by atoms with E-state index in [0.717, 1.165) is 12.5 Å². The van der Waals surface area contributed by atoms with Gasteiger partial charge in [0.2, 0.25) is 0 Å². The van der Waals surface area contributed by atoms with Crippen molar-refractivity contribution in [3.8, 4) is 17.4 Å². The van der Waals surface area contributed by atoms with E-state index in [1.807, 2.05) is 6.92 Å². The second-order valence-electron chi connectivity index (χ2n) is 7.43. The molecule has 0 saturated heterocycles. The van der Waals surface area contributed by atoms with Gasteiger partial charge in [-0.2, -0.15) is 13.2 Å². The molecular weight excluding hydrogens is 473 g/mol. The van der Waals surface area contributed by atoms with E-state index in [2.05, 4.69) is 15.5 Å². The monoisotopic (exact) mass is 494 g/mol. The molecule has 0 bridgehead atoms. The number of hydrogen-bond acceptors (Lipinski definition) is 7. The van der Waals surface area contributed by atoms with E-state index >= 15 is 0 Å². The van der Waals surface area contributed by atoms with Gasteiger partial charge < -0.3 is 14.8 Å². The standard InChI is InChI=1S/C22H21F3N4O4S/c1-12-8-9-16(17(10-12)32-3)33-21-18(13(2)19(28-29-21)22(23,24)25)20(30)27-14-6-5-7-15(11-14)34(4,26)31/h5-11,26H,1-4H3,(H,27,30). The lowest BCUT2D eigenvalue weighted by Gasteiger charge is -2.17. The van der Waals surface area contributed by atoms with Crippen LogP contribution in [0.25, 0.3) is 0 Å². The number of halogens is 3. The number of rotatable bonds is 6. The zero-order valence-electron chi connectivity index (χ0n) is 18.6. The zero-order valence-corrected chi connectivity index (χ0v) is 19.4. The number of nitrogens with zero attached hydrogens (tertiary/aromatic N) is 2. The second kappa shape index (κ2) is 9.29. The molecule has 0 aliphatic rings. The molecule has 0 radical (unpaired) electrons.